The van der Waals surface area contributed by atoms with Gasteiger partial charge in [-0.2, -0.15) is 0 Å². The molecule has 0 amide bonds. The number of rotatable bonds is 4. The summed E-state index contributed by atoms with van der Waals surface area (Å²) in [6, 6.07) is 8.24. The van der Waals surface area contributed by atoms with Gasteiger partial charge in [-0.1, -0.05) is 6.07 Å². The number of aryl methyl sites for hydroxylation is 1. The number of ether oxygens (including phenoxy) is 1. The molecule has 0 unspecified atom stereocenters. The second-order valence-electron chi connectivity index (χ2n) is 4.52. The number of carbonyl (C=O) groups is 1. The second kappa shape index (κ2) is 5.82. The first-order valence-electron chi connectivity index (χ1n) is 6.13. The standard InChI is InChI=1S/C16H14F2O2/c1-10-7-12(4-6-16(10)20-2)15(19)8-11-3-5-13(17)9-14(11)18/h3-7,9H,8H2,1-2H3. The molecule has 0 fully saturated rings. The summed E-state index contributed by atoms with van der Waals surface area (Å²) in [5, 5.41) is 0. The van der Waals surface area contributed by atoms with Gasteiger partial charge in [0.25, 0.3) is 0 Å². The number of benzene rings is 2. The van der Waals surface area contributed by atoms with Crippen LogP contribution >= 0.6 is 0 Å². The summed E-state index contributed by atoms with van der Waals surface area (Å²) >= 11 is 0. The molecule has 0 saturated carbocycles. The minimum atomic E-state index is -0.705. The molecule has 0 aliphatic carbocycles. The molecule has 0 aromatic heterocycles. The van der Waals surface area contributed by atoms with Crippen LogP contribution < -0.4 is 4.74 Å². The van der Waals surface area contributed by atoms with Gasteiger partial charge < -0.3 is 4.74 Å². The Morgan fingerprint density at radius 3 is 2.50 bits per heavy atom. The Hall–Kier alpha value is -2.23. The van der Waals surface area contributed by atoms with E-state index in [1.807, 2.05) is 6.92 Å². The van der Waals surface area contributed by atoms with Crippen molar-refractivity contribution in [3.05, 3.63) is 64.7 Å². The second-order valence-corrected chi connectivity index (χ2v) is 4.52. The van der Waals surface area contributed by atoms with Crippen molar-refractivity contribution >= 4 is 5.78 Å². The van der Waals surface area contributed by atoms with Gasteiger partial charge in [-0.15, -0.1) is 0 Å². The molecule has 2 aromatic rings. The van der Waals surface area contributed by atoms with Crippen LogP contribution in [-0.2, 0) is 6.42 Å². The Bertz CT molecular complexity index is 651. The fourth-order valence-corrected chi connectivity index (χ4v) is 1.99. The average molecular weight is 276 g/mol. The van der Waals surface area contributed by atoms with Gasteiger partial charge in [-0.3, -0.25) is 4.79 Å². The highest BCUT2D eigenvalue weighted by Gasteiger charge is 2.12. The molecule has 104 valence electrons. The lowest BCUT2D eigenvalue weighted by Crippen LogP contribution is -2.06. The summed E-state index contributed by atoms with van der Waals surface area (Å²) in [6.45, 7) is 1.83. The Kier molecular flexibility index (Phi) is 4.13. The fraction of sp³-hybridized carbons (Fsp3) is 0.188. The van der Waals surface area contributed by atoms with Crippen molar-refractivity contribution in [2.24, 2.45) is 0 Å². The highest BCUT2D eigenvalue weighted by Crippen LogP contribution is 2.20. The van der Waals surface area contributed by atoms with E-state index in [2.05, 4.69) is 0 Å². The quantitative estimate of drug-likeness (QED) is 0.796. The van der Waals surface area contributed by atoms with E-state index in [1.165, 1.54) is 6.07 Å². The highest BCUT2D eigenvalue weighted by atomic mass is 19.1. The van der Waals surface area contributed by atoms with Crippen LogP contribution in [0.5, 0.6) is 5.75 Å². The van der Waals surface area contributed by atoms with Crippen molar-refractivity contribution < 1.29 is 18.3 Å². The first-order valence-corrected chi connectivity index (χ1v) is 6.13. The molecule has 2 nitrogen and oxygen atoms in total. The molecule has 0 radical (unpaired) electrons. The van der Waals surface area contributed by atoms with Gasteiger partial charge in [-0.05, 0) is 42.3 Å². The maximum atomic E-state index is 13.5. The molecule has 0 aliphatic rings. The molecule has 0 atom stereocenters. The van der Waals surface area contributed by atoms with Gasteiger partial charge >= 0.3 is 0 Å². The number of halogens is 2. The fourth-order valence-electron chi connectivity index (χ4n) is 1.99. The third-order valence-electron chi connectivity index (χ3n) is 3.08. The van der Waals surface area contributed by atoms with Gasteiger partial charge in [0.15, 0.2) is 5.78 Å². The number of Topliss-reactive ketones (excluding diaryl/α,β-unsaturated/α-hetero) is 1. The third kappa shape index (κ3) is 3.02. The van der Waals surface area contributed by atoms with Gasteiger partial charge in [-0.25, -0.2) is 8.78 Å². The summed E-state index contributed by atoms with van der Waals surface area (Å²) in [7, 11) is 1.55. The van der Waals surface area contributed by atoms with E-state index in [4.69, 9.17) is 4.74 Å². The van der Waals surface area contributed by atoms with E-state index < -0.39 is 11.6 Å². The van der Waals surface area contributed by atoms with Crippen molar-refractivity contribution in [1.29, 1.82) is 0 Å². The van der Waals surface area contributed by atoms with Crippen LogP contribution in [0.3, 0.4) is 0 Å². The van der Waals surface area contributed by atoms with Crippen LogP contribution in [0, 0.1) is 18.6 Å². The minimum absolute atomic E-state index is 0.0993. The summed E-state index contributed by atoms with van der Waals surface area (Å²) in [6.07, 6.45) is -0.0993. The predicted octanol–water partition coefficient (Wildman–Crippen LogP) is 3.71. The van der Waals surface area contributed by atoms with E-state index >= 15 is 0 Å². The number of hydrogen-bond donors (Lipinski definition) is 0. The van der Waals surface area contributed by atoms with Crippen molar-refractivity contribution in [2.45, 2.75) is 13.3 Å². The first kappa shape index (κ1) is 14.2. The van der Waals surface area contributed by atoms with Crippen LogP contribution in [0.15, 0.2) is 36.4 Å². The average Bonchev–Trinajstić information content (AvgIpc) is 2.41. The first-order chi connectivity index (χ1) is 9.51. The molecule has 20 heavy (non-hydrogen) atoms. The van der Waals surface area contributed by atoms with Crippen molar-refractivity contribution in [3.8, 4) is 5.75 Å². The lowest BCUT2D eigenvalue weighted by molar-refractivity contribution is 0.0991. The maximum Gasteiger partial charge on any atom is 0.167 e. The zero-order valence-corrected chi connectivity index (χ0v) is 11.2. The molecule has 0 N–H and O–H groups in total. The van der Waals surface area contributed by atoms with Crippen LogP contribution in [0.2, 0.25) is 0 Å². The molecule has 2 rings (SSSR count). The van der Waals surface area contributed by atoms with Crippen LogP contribution in [-0.4, -0.2) is 12.9 Å². The van der Waals surface area contributed by atoms with E-state index in [9.17, 15) is 13.6 Å². The molecule has 0 heterocycles. The molecule has 0 aliphatic heterocycles. The molecule has 2 aromatic carbocycles. The summed E-state index contributed by atoms with van der Waals surface area (Å²) in [5.74, 6) is -0.890. The monoisotopic (exact) mass is 276 g/mol. The van der Waals surface area contributed by atoms with E-state index in [0.29, 0.717) is 11.3 Å². The lowest BCUT2D eigenvalue weighted by Gasteiger charge is -2.07. The van der Waals surface area contributed by atoms with Gasteiger partial charge in [0.1, 0.15) is 17.4 Å². The molecule has 0 spiro atoms. The topological polar surface area (TPSA) is 26.3 Å². The third-order valence-corrected chi connectivity index (χ3v) is 3.08. The Balaban J connectivity index is 2.21. The van der Waals surface area contributed by atoms with Crippen LogP contribution in [0.1, 0.15) is 21.5 Å². The number of ketones is 1. The normalized spacial score (nSPS) is 10.4. The Morgan fingerprint density at radius 2 is 1.90 bits per heavy atom. The smallest absolute Gasteiger partial charge is 0.167 e. The molecule has 4 heteroatoms. The largest absolute Gasteiger partial charge is 0.496 e. The zero-order valence-electron chi connectivity index (χ0n) is 11.2. The lowest BCUT2D eigenvalue weighted by atomic mass is 10.0. The SMILES string of the molecule is COc1ccc(C(=O)Cc2ccc(F)cc2F)cc1C. The number of methoxy groups -OCH3 is 1. The maximum absolute atomic E-state index is 13.5. The number of hydrogen-bond acceptors (Lipinski definition) is 2. The van der Waals surface area contributed by atoms with E-state index in [1.54, 1.807) is 25.3 Å². The van der Waals surface area contributed by atoms with Gasteiger partial charge in [0.05, 0.1) is 7.11 Å². The Labute approximate surface area is 116 Å². The molecule has 0 bridgehead atoms. The molecular formula is C16H14F2O2. The summed E-state index contributed by atoms with van der Waals surface area (Å²) in [5.41, 5.74) is 1.50. The summed E-state index contributed by atoms with van der Waals surface area (Å²) in [4.78, 5) is 12.1. The predicted molar refractivity (Wildman–Crippen MR) is 72.1 cm³/mol. The Morgan fingerprint density at radius 1 is 1.15 bits per heavy atom. The minimum Gasteiger partial charge on any atom is -0.496 e. The zero-order chi connectivity index (χ0) is 14.7. The van der Waals surface area contributed by atoms with E-state index in [0.717, 1.165) is 17.7 Å². The van der Waals surface area contributed by atoms with Crippen LogP contribution in [0.4, 0.5) is 8.78 Å². The van der Waals surface area contributed by atoms with Gasteiger partial charge in [0.2, 0.25) is 0 Å². The molecule has 0 saturated heterocycles. The van der Waals surface area contributed by atoms with Crippen molar-refractivity contribution in [3.63, 3.8) is 0 Å². The molecular weight excluding hydrogens is 262 g/mol. The van der Waals surface area contributed by atoms with Gasteiger partial charge in [0, 0.05) is 18.1 Å². The van der Waals surface area contributed by atoms with Crippen LogP contribution in [0.25, 0.3) is 0 Å². The van der Waals surface area contributed by atoms with Crippen molar-refractivity contribution in [2.75, 3.05) is 7.11 Å². The van der Waals surface area contributed by atoms with Crippen molar-refractivity contribution in [1.82, 2.24) is 0 Å². The summed E-state index contributed by atoms with van der Waals surface area (Å²) < 4.78 is 31.4. The number of carbonyl (C=O) groups excluding carboxylic acids is 1. The highest BCUT2D eigenvalue weighted by molar-refractivity contribution is 5.97. The van der Waals surface area contributed by atoms with E-state index in [-0.39, 0.29) is 17.8 Å².